The molecule has 0 spiro atoms. The molecule has 0 unspecified atom stereocenters. The lowest BCUT2D eigenvalue weighted by Crippen LogP contribution is -2.30. The molecular weight excluding hydrogens is 398 g/mol. The number of aryl methyl sites for hydroxylation is 1. The average Bonchev–Trinajstić information content (AvgIpc) is 3.32. The quantitative estimate of drug-likeness (QED) is 0.365. The molecule has 0 radical (unpaired) electrons. The third-order valence-electron chi connectivity index (χ3n) is 4.89. The van der Waals surface area contributed by atoms with Gasteiger partial charge in [-0.05, 0) is 36.1 Å². The smallest absolute Gasteiger partial charge is 0.266 e. The molecule has 1 aliphatic rings. The van der Waals surface area contributed by atoms with Crippen LogP contribution in [0.5, 0.6) is 0 Å². The van der Waals surface area contributed by atoms with Crippen molar-refractivity contribution in [2.45, 2.75) is 19.8 Å². The fourth-order valence-corrected chi connectivity index (χ4v) is 4.49. The molecule has 2 aromatic carbocycles. The van der Waals surface area contributed by atoms with E-state index in [0.717, 1.165) is 24.2 Å². The molecule has 1 aliphatic heterocycles. The zero-order chi connectivity index (χ0) is 20.2. The van der Waals surface area contributed by atoms with Gasteiger partial charge in [0.15, 0.2) is 0 Å². The first-order chi connectivity index (χ1) is 14.1. The molecule has 1 aromatic heterocycles. The molecule has 2 heterocycles. The van der Waals surface area contributed by atoms with Crippen molar-refractivity contribution in [1.29, 1.82) is 0 Å². The lowest BCUT2D eigenvalue weighted by Gasteiger charge is -2.14. The first-order valence-electron chi connectivity index (χ1n) is 9.62. The molecule has 0 atom stereocenters. The standard InChI is InChI=1S/C24H21NO2S2/c1-2-17-8-10-19(11-9-17)21-13-12-20(27-21)16-22-23(26)25(24(28)29-22)15-14-18-6-4-3-5-7-18/h3-13,16H,2,14-15H2,1H3/b22-16-. The summed E-state index contributed by atoms with van der Waals surface area (Å²) in [7, 11) is 0. The Labute approximate surface area is 180 Å². The Morgan fingerprint density at radius 1 is 1.00 bits per heavy atom. The molecule has 1 saturated heterocycles. The summed E-state index contributed by atoms with van der Waals surface area (Å²) in [5, 5.41) is 0. The lowest BCUT2D eigenvalue weighted by atomic mass is 10.1. The van der Waals surface area contributed by atoms with Crippen LogP contribution in [0.25, 0.3) is 17.4 Å². The van der Waals surface area contributed by atoms with E-state index in [1.54, 1.807) is 11.0 Å². The Morgan fingerprint density at radius 2 is 1.76 bits per heavy atom. The van der Waals surface area contributed by atoms with E-state index in [2.05, 4.69) is 43.3 Å². The molecule has 5 heteroatoms. The predicted molar refractivity (Wildman–Crippen MR) is 124 cm³/mol. The van der Waals surface area contributed by atoms with Gasteiger partial charge in [0.1, 0.15) is 15.8 Å². The molecule has 1 fully saturated rings. The number of thiocarbonyl (C=S) groups is 1. The number of carbonyl (C=O) groups excluding carboxylic acids is 1. The number of hydrogen-bond acceptors (Lipinski definition) is 4. The summed E-state index contributed by atoms with van der Waals surface area (Å²) in [6.07, 6.45) is 3.57. The van der Waals surface area contributed by atoms with Gasteiger partial charge in [0.05, 0.1) is 4.91 Å². The number of rotatable bonds is 6. The fraction of sp³-hybridized carbons (Fsp3) is 0.167. The summed E-state index contributed by atoms with van der Waals surface area (Å²) >= 11 is 6.76. The maximum Gasteiger partial charge on any atom is 0.266 e. The number of amides is 1. The van der Waals surface area contributed by atoms with Crippen LogP contribution in [-0.4, -0.2) is 21.7 Å². The van der Waals surface area contributed by atoms with Crippen molar-refractivity contribution in [2.75, 3.05) is 6.54 Å². The second-order valence-electron chi connectivity index (χ2n) is 6.82. The van der Waals surface area contributed by atoms with Gasteiger partial charge in [-0.3, -0.25) is 9.69 Å². The molecule has 4 rings (SSSR count). The highest BCUT2D eigenvalue weighted by Crippen LogP contribution is 2.33. The second kappa shape index (κ2) is 8.80. The van der Waals surface area contributed by atoms with Crippen molar-refractivity contribution in [3.63, 3.8) is 0 Å². The van der Waals surface area contributed by atoms with Crippen LogP contribution in [0.1, 0.15) is 23.8 Å². The molecule has 29 heavy (non-hydrogen) atoms. The first-order valence-corrected chi connectivity index (χ1v) is 10.8. The monoisotopic (exact) mass is 419 g/mol. The molecule has 0 saturated carbocycles. The Hall–Kier alpha value is -2.63. The van der Waals surface area contributed by atoms with Crippen LogP contribution in [0.15, 0.2) is 76.1 Å². The Morgan fingerprint density at radius 3 is 2.48 bits per heavy atom. The number of furan rings is 1. The lowest BCUT2D eigenvalue weighted by molar-refractivity contribution is -0.122. The summed E-state index contributed by atoms with van der Waals surface area (Å²) in [5.74, 6) is 1.39. The highest BCUT2D eigenvalue weighted by atomic mass is 32.2. The predicted octanol–water partition coefficient (Wildman–Crippen LogP) is 5.95. The highest BCUT2D eigenvalue weighted by molar-refractivity contribution is 8.26. The summed E-state index contributed by atoms with van der Waals surface area (Å²) < 4.78 is 6.55. The highest BCUT2D eigenvalue weighted by Gasteiger charge is 2.31. The van der Waals surface area contributed by atoms with Gasteiger partial charge in [-0.2, -0.15) is 0 Å². The van der Waals surface area contributed by atoms with Gasteiger partial charge >= 0.3 is 0 Å². The van der Waals surface area contributed by atoms with E-state index in [1.165, 1.54) is 22.9 Å². The fourth-order valence-electron chi connectivity index (χ4n) is 3.20. The normalized spacial score (nSPS) is 15.5. The number of nitrogens with zero attached hydrogens (tertiary/aromatic N) is 1. The third kappa shape index (κ3) is 4.52. The average molecular weight is 420 g/mol. The summed E-state index contributed by atoms with van der Waals surface area (Å²) in [5.41, 5.74) is 3.51. The summed E-state index contributed by atoms with van der Waals surface area (Å²) in [6.45, 7) is 2.72. The SMILES string of the molecule is CCc1ccc(-c2ccc(/C=C3\SC(=S)N(CCc4ccccc4)C3=O)o2)cc1. The Bertz CT molecular complexity index is 1050. The van der Waals surface area contributed by atoms with Crippen LogP contribution in [0.4, 0.5) is 0 Å². The van der Waals surface area contributed by atoms with Gasteiger partial charge in [0.2, 0.25) is 0 Å². The van der Waals surface area contributed by atoms with Crippen LogP contribution >= 0.6 is 24.0 Å². The van der Waals surface area contributed by atoms with Gasteiger partial charge in [0.25, 0.3) is 5.91 Å². The van der Waals surface area contributed by atoms with E-state index >= 15 is 0 Å². The minimum absolute atomic E-state index is 0.0545. The summed E-state index contributed by atoms with van der Waals surface area (Å²) in [4.78, 5) is 15.1. The molecule has 3 aromatic rings. The van der Waals surface area contributed by atoms with E-state index in [1.807, 2.05) is 30.3 Å². The van der Waals surface area contributed by atoms with Gasteiger partial charge in [-0.25, -0.2) is 0 Å². The number of benzene rings is 2. The van der Waals surface area contributed by atoms with E-state index in [9.17, 15) is 4.79 Å². The van der Waals surface area contributed by atoms with Gasteiger partial charge in [-0.15, -0.1) is 0 Å². The molecule has 1 amide bonds. The van der Waals surface area contributed by atoms with Crippen LogP contribution in [-0.2, 0) is 17.6 Å². The minimum atomic E-state index is -0.0545. The zero-order valence-electron chi connectivity index (χ0n) is 16.1. The molecule has 0 bridgehead atoms. The zero-order valence-corrected chi connectivity index (χ0v) is 17.8. The van der Waals surface area contributed by atoms with Crippen molar-refractivity contribution < 1.29 is 9.21 Å². The third-order valence-corrected chi connectivity index (χ3v) is 6.27. The number of carbonyl (C=O) groups is 1. The van der Waals surface area contributed by atoms with Crippen molar-refractivity contribution >= 4 is 40.3 Å². The van der Waals surface area contributed by atoms with E-state index in [0.29, 0.717) is 21.5 Å². The van der Waals surface area contributed by atoms with Gasteiger partial charge in [-0.1, -0.05) is 85.5 Å². The molecule has 0 aliphatic carbocycles. The van der Waals surface area contributed by atoms with E-state index in [4.69, 9.17) is 16.6 Å². The van der Waals surface area contributed by atoms with Crippen LogP contribution in [0, 0.1) is 0 Å². The second-order valence-corrected chi connectivity index (χ2v) is 8.50. The topological polar surface area (TPSA) is 33.5 Å². The largest absolute Gasteiger partial charge is 0.457 e. The van der Waals surface area contributed by atoms with E-state index in [-0.39, 0.29) is 5.91 Å². The maximum atomic E-state index is 12.8. The van der Waals surface area contributed by atoms with Gasteiger partial charge < -0.3 is 4.42 Å². The molecular formula is C24H21NO2S2. The van der Waals surface area contributed by atoms with Crippen LogP contribution in [0.2, 0.25) is 0 Å². The molecule has 146 valence electrons. The Kier molecular flexibility index (Phi) is 5.97. The van der Waals surface area contributed by atoms with Crippen molar-refractivity contribution in [3.8, 4) is 11.3 Å². The number of hydrogen-bond donors (Lipinski definition) is 0. The Balaban J connectivity index is 1.46. The van der Waals surface area contributed by atoms with Crippen LogP contribution < -0.4 is 0 Å². The van der Waals surface area contributed by atoms with Gasteiger partial charge in [0, 0.05) is 18.2 Å². The van der Waals surface area contributed by atoms with Crippen molar-refractivity contribution in [2.24, 2.45) is 0 Å². The van der Waals surface area contributed by atoms with E-state index < -0.39 is 0 Å². The van der Waals surface area contributed by atoms with Crippen molar-refractivity contribution in [1.82, 2.24) is 4.90 Å². The van der Waals surface area contributed by atoms with Crippen LogP contribution in [0.3, 0.4) is 0 Å². The molecule has 0 N–H and O–H groups in total. The minimum Gasteiger partial charge on any atom is -0.457 e. The molecule has 3 nitrogen and oxygen atoms in total. The first kappa shape index (κ1) is 19.7. The summed E-state index contributed by atoms with van der Waals surface area (Å²) in [6, 6.07) is 22.3. The van der Waals surface area contributed by atoms with Crippen molar-refractivity contribution in [3.05, 3.63) is 88.5 Å². The number of thioether (sulfide) groups is 1. The maximum absolute atomic E-state index is 12.8.